The molecule has 0 aliphatic carbocycles. The summed E-state index contributed by atoms with van der Waals surface area (Å²) in [7, 11) is 0. The fourth-order valence-corrected chi connectivity index (χ4v) is 2.04. The summed E-state index contributed by atoms with van der Waals surface area (Å²) in [6, 6.07) is 9.44. The van der Waals surface area contributed by atoms with Gasteiger partial charge in [-0.25, -0.2) is 0 Å². The van der Waals surface area contributed by atoms with Crippen LogP contribution in [0.1, 0.15) is 59.3 Å². The Morgan fingerprint density at radius 1 is 0.750 bits per heavy atom. The summed E-state index contributed by atoms with van der Waals surface area (Å²) in [6.45, 7) is 10.8. The highest BCUT2D eigenvalue weighted by Gasteiger charge is 2.01. The van der Waals surface area contributed by atoms with Gasteiger partial charge in [0.15, 0.2) is 0 Å². The van der Waals surface area contributed by atoms with E-state index in [1.807, 2.05) is 30.3 Å². The first kappa shape index (κ1) is 19.5. The zero-order valence-electron chi connectivity index (χ0n) is 13.6. The molecule has 0 aliphatic rings. The second-order valence-corrected chi connectivity index (χ2v) is 5.63. The van der Waals surface area contributed by atoms with Gasteiger partial charge in [-0.1, -0.05) is 69.8 Å². The summed E-state index contributed by atoms with van der Waals surface area (Å²) in [4.78, 5) is 2.64. The molecule has 0 aliphatic heterocycles. The van der Waals surface area contributed by atoms with Gasteiger partial charge in [-0.3, -0.25) is 0 Å². The van der Waals surface area contributed by atoms with E-state index in [9.17, 15) is 0 Å². The van der Waals surface area contributed by atoms with Gasteiger partial charge in [0, 0.05) is 5.02 Å². The van der Waals surface area contributed by atoms with Gasteiger partial charge in [0.05, 0.1) is 0 Å². The Labute approximate surface area is 131 Å². The molecular formula is C18H32ClN. The molecule has 1 rings (SSSR count). The maximum atomic E-state index is 5.54. The maximum absolute atomic E-state index is 5.54. The molecule has 1 aromatic carbocycles. The molecule has 0 aromatic heterocycles. The lowest BCUT2D eigenvalue weighted by atomic mass is 10.2. The van der Waals surface area contributed by atoms with Crippen LogP contribution in [0, 0.1) is 0 Å². The molecule has 2 heteroatoms. The van der Waals surface area contributed by atoms with Crippen LogP contribution in [0.15, 0.2) is 30.3 Å². The lowest BCUT2D eigenvalue weighted by Gasteiger charge is -2.21. The first-order chi connectivity index (χ1) is 9.74. The fourth-order valence-electron chi connectivity index (χ4n) is 1.90. The van der Waals surface area contributed by atoms with Gasteiger partial charge in [0.1, 0.15) is 0 Å². The van der Waals surface area contributed by atoms with Gasteiger partial charge < -0.3 is 4.90 Å². The van der Waals surface area contributed by atoms with Gasteiger partial charge in [0.25, 0.3) is 0 Å². The van der Waals surface area contributed by atoms with E-state index in [-0.39, 0.29) is 0 Å². The average Bonchev–Trinajstić information content (AvgIpc) is 2.48. The molecule has 0 heterocycles. The summed E-state index contributed by atoms with van der Waals surface area (Å²) < 4.78 is 0. The zero-order valence-corrected chi connectivity index (χ0v) is 14.3. The number of hydrogen-bond acceptors (Lipinski definition) is 1. The van der Waals surface area contributed by atoms with Gasteiger partial charge in [-0.2, -0.15) is 0 Å². The number of hydrogen-bond donors (Lipinski definition) is 0. The number of halogens is 1. The number of rotatable bonds is 9. The van der Waals surface area contributed by atoms with Crippen molar-refractivity contribution < 1.29 is 0 Å². The monoisotopic (exact) mass is 297 g/mol. The zero-order chi connectivity index (χ0) is 15.1. The van der Waals surface area contributed by atoms with Crippen LogP contribution in [0.4, 0.5) is 0 Å². The van der Waals surface area contributed by atoms with E-state index in [1.54, 1.807) is 0 Å². The molecule has 0 atom stereocenters. The summed E-state index contributed by atoms with van der Waals surface area (Å²) in [5.74, 6) is 0. The van der Waals surface area contributed by atoms with Crippen molar-refractivity contribution >= 4 is 11.6 Å². The van der Waals surface area contributed by atoms with E-state index >= 15 is 0 Å². The molecule has 0 fully saturated rings. The molecule has 0 saturated carbocycles. The van der Waals surface area contributed by atoms with Crippen molar-refractivity contribution in [3.8, 4) is 0 Å². The van der Waals surface area contributed by atoms with Crippen molar-refractivity contribution in [2.75, 3.05) is 19.6 Å². The number of benzene rings is 1. The van der Waals surface area contributed by atoms with Crippen molar-refractivity contribution in [3.05, 3.63) is 35.4 Å². The fraction of sp³-hybridized carbons (Fsp3) is 0.667. The van der Waals surface area contributed by atoms with Crippen LogP contribution in [0.25, 0.3) is 0 Å². The topological polar surface area (TPSA) is 3.24 Å². The van der Waals surface area contributed by atoms with E-state index in [1.165, 1.54) is 58.2 Å². The molecule has 0 spiro atoms. The predicted molar refractivity (Wildman–Crippen MR) is 92.6 cm³/mol. The van der Waals surface area contributed by atoms with E-state index in [0.29, 0.717) is 0 Å². The Hall–Kier alpha value is -0.530. The van der Waals surface area contributed by atoms with Crippen LogP contribution in [0.5, 0.6) is 0 Å². The lowest BCUT2D eigenvalue weighted by molar-refractivity contribution is 0.261. The predicted octanol–water partition coefficient (Wildman–Crippen LogP) is 6.03. The molecule has 20 heavy (non-hydrogen) atoms. The van der Waals surface area contributed by atoms with Crippen LogP contribution in [0.3, 0.4) is 0 Å². The molecule has 0 saturated heterocycles. The second kappa shape index (κ2) is 14.9. The molecule has 0 amide bonds. The Kier molecular flexibility index (Phi) is 14.5. The summed E-state index contributed by atoms with van der Waals surface area (Å²) in [5, 5.41) is 0.794. The second-order valence-electron chi connectivity index (χ2n) is 5.20. The highest BCUT2D eigenvalue weighted by Crippen LogP contribution is 2.03. The third-order valence-corrected chi connectivity index (χ3v) is 3.47. The maximum Gasteiger partial charge on any atom is 0.0405 e. The van der Waals surface area contributed by atoms with Crippen LogP contribution < -0.4 is 0 Å². The van der Waals surface area contributed by atoms with Gasteiger partial charge in [0.2, 0.25) is 0 Å². The third-order valence-electron chi connectivity index (χ3n) is 3.22. The van der Waals surface area contributed by atoms with Crippen LogP contribution in [-0.4, -0.2) is 24.5 Å². The number of unbranched alkanes of at least 4 members (excludes halogenated alkanes) is 3. The first-order valence-electron chi connectivity index (χ1n) is 8.17. The van der Waals surface area contributed by atoms with Crippen LogP contribution in [0.2, 0.25) is 5.02 Å². The molecule has 0 radical (unpaired) electrons. The van der Waals surface area contributed by atoms with E-state index in [4.69, 9.17) is 11.6 Å². The average molecular weight is 298 g/mol. The van der Waals surface area contributed by atoms with E-state index in [2.05, 4.69) is 25.7 Å². The SMILES string of the molecule is CCCCN(CCCC)CCCC.Clc1ccccc1. The summed E-state index contributed by atoms with van der Waals surface area (Å²) in [6.07, 6.45) is 8.09. The minimum absolute atomic E-state index is 0.794. The van der Waals surface area contributed by atoms with Gasteiger partial charge in [-0.15, -0.1) is 0 Å². The van der Waals surface area contributed by atoms with E-state index in [0.717, 1.165) is 5.02 Å². The first-order valence-corrected chi connectivity index (χ1v) is 8.55. The highest BCUT2D eigenvalue weighted by molar-refractivity contribution is 6.30. The van der Waals surface area contributed by atoms with E-state index < -0.39 is 0 Å². The highest BCUT2D eigenvalue weighted by atomic mass is 35.5. The Morgan fingerprint density at radius 2 is 1.15 bits per heavy atom. The molecule has 116 valence electrons. The smallest absolute Gasteiger partial charge is 0.0405 e. The molecular weight excluding hydrogens is 266 g/mol. The van der Waals surface area contributed by atoms with Gasteiger partial charge in [-0.05, 0) is 51.0 Å². The normalized spacial score (nSPS) is 10.2. The quantitative estimate of drug-likeness (QED) is 0.538. The molecule has 0 unspecified atom stereocenters. The Bertz CT molecular complexity index is 268. The van der Waals surface area contributed by atoms with Crippen molar-refractivity contribution in [3.63, 3.8) is 0 Å². The minimum Gasteiger partial charge on any atom is -0.303 e. The summed E-state index contributed by atoms with van der Waals surface area (Å²) >= 11 is 5.54. The van der Waals surface area contributed by atoms with Crippen LogP contribution in [-0.2, 0) is 0 Å². The summed E-state index contributed by atoms with van der Waals surface area (Å²) in [5.41, 5.74) is 0. The van der Waals surface area contributed by atoms with Crippen molar-refractivity contribution in [1.82, 2.24) is 4.90 Å². The Morgan fingerprint density at radius 3 is 1.40 bits per heavy atom. The van der Waals surface area contributed by atoms with Crippen LogP contribution >= 0.6 is 11.6 Å². The lowest BCUT2D eigenvalue weighted by Crippen LogP contribution is -2.27. The Balaban J connectivity index is 0.000000428. The van der Waals surface area contributed by atoms with Crippen molar-refractivity contribution in [2.45, 2.75) is 59.3 Å². The van der Waals surface area contributed by atoms with Crippen molar-refractivity contribution in [1.29, 1.82) is 0 Å². The third kappa shape index (κ3) is 12.5. The molecule has 0 bridgehead atoms. The number of nitrogens with zero attached hydrogens (tertiary/aromatic N) is 1. The van der Waals surface area contributed by atoms with Gasteiger partial charge >= 0.3 is 0 Å². The molecule has 1 nitrogen and oxygen atoms in total. The molecule has 1 aromatic rings. The van der Waals surface area contributed by atoms with Crippen molar-refractivity contribution in [2.24, 2.45) is 0 Å². The standard InChI is InChI=1S/C12H27N.C6H5Cl/c1-4-7-10-13(11-8-5-2)12-9-6-3;7-6-4-2-1-3-5-6/h4-12H2,1-3H3;1-5H. The largest absolute Gasteiger partial charge is 0.303 e. The molecule has 0 N–H and O–H groups in total. The minimum atomic E-state index is 0.794.